The molecule has 41 heavy (non-hydrogen) atoms. The van der Waals surface area contributed by atoms with Crippen molar-refractivity contribution in [2.75, 3.05) is 37.5 Å². The van der Waals surface area contributed by atoms with Crippen molar-refractivity contribution in [3.8, 4) is 0 Å². The maximum absolute atomic E-state index is 14.1. The van der Waals surface area contributed by atoms with Crippen LogP contribution < -0.4 is 19.8 Å². The van der Waals surface area contributed by atoms with Crippen LogP contribution in [0.5, 0.6) is 0 Å². The smallest absolute Gasteiger partial charge is 0.338 e. The van der Waals surface area contributed by atoms with E-state index in [0.29, 0.717) is 52.5 Å². The number of esters is 1. The van der Waals surface area contributed by atoms with Crippen LogP contribution in [0, 0.1) is 10.1 Å². The summed E-state index contributed by atoms with van der Waals surface area (Å²) in [5, 5.41) is 11.6. The molecule has 2 aliphatic rings. The Kier molecular flexibility index (Phi) is 8.43. The number of nitro groups is 1. The molecule has 0 unspecified atom stereocenters. The molecule has 1 fully saturated rings. The van der Waals surface area contributed by atoms with Gasteiger partial charge >= 0.3 is 5.97 Å². The number of allylic oxidation sites excluding steroid dienone is 1. The molecular weight excluding hydrogens is 564 g/mol. The summed E-state index contributed by atoms with van der Waals surface area (Å²) < 4.78 is 12.9. The third-order valence-electron chi connectivity index (χ3n) is 6.88. The van der Waals surface area contributed by atoms with E-state index in [1.54, 1.807) is 44.7 Å². The number of carbonyl (C=O) groups excluding carboxylic acids is 1. The molecule has 0 saturated carbocycles. The number of non-ortho nitro benzene ring substituents is 1. The number of hydrogen-bond acceptors (Lipinski definition) is 10. The van der Waals surface area contributed by atoms with Crippen molar-refractivity contribution >= 4 is 46.5 Å². The molecular formula is C29H30N4O6S2. The molecule has 12 heteroatoms. The van der Waals surface area contributed by atoms with Gasteiger partial charge in [-0.15, -0.1) is 11.8 Å². The third kappa shape index (κ3) is 5.85. The topological polar surface area (TPSA) is 116 Å². The Balaban J connectivity index is 1.70. The van der Waals surface area contributed by atoms with Gasteiger partial charge in [0.25, 0.3) is 11.2 Å². The number of morpholine rings is 1. The SMILES string of the molecule is CSc1ccc([C@H]2C(C(=O)OC(C)C)=C(C)N=c3s/c(=C\c4cc([N+](=O)[O-])ccc4N4CCOCC4)c(=O)n32)cc1. The summed E-state index contributed by atoms with van der Waals surface area (Å²) in [6.45, 7) is 7.64. The number of fused-ring (bicyclic) bond motifs is 1. The van der Waals surface area contributed by atoms with E-state index in [0.717, 1.165) is 16.1 Å². The second kappa shape index (κ2) is 12.0. The van der Waals surface area contributed by atoms with E-state index in [1.807, 2.05) is 30.5 Å². The van der Waals surface area contributed by atoms with Crippen LogP contribution in [0.1, 0.15) is 37.9 Å². The lowest BCUT2D eigenvalue weighted by Gasteiger charge is -2.30. The molecule has 3 aromatic rings. The van der Waals surface area contributed by atoms with Gasteiger partial charge in [-0.05, 0) is 56.9 Å². The van der Waals surface area contributed by atoms with Crippen molar-refractivity contribution in [1.82, 2.24) is 4.57 Å². The summed E-state index contributed by atoms with van der Waals surface area (Å²) >= 11 is 2.79. The highest BCUT2D eigenvalue weighted by Crippen LogP contribution is 2.32. The fourth-order valence-corrected chi connectivity index (χ4v) is 6.41. The van der Waals surface area contributed by atoms with Crippen LogP contribution in [0.15, 0.2) is 68.4 Å². The highest BCUT2D eigenvalue weighted by atomic mass is 32.2. The van der Waals surface area contributed by atoms with E-state index in [4.69, 9.17) is 9.47 Å². The molecule has 2 aliphatic heterocycles. The monoisotopic (exact) mass is 594 g/mol. The lowest BCUT2D eigenvalue weighted by Crippen LogP contribution is -2.40. The van der Waals surface area contributed by atoms with Crippen LogP contribution in [0.25, 0.3) is 6.08 Å². The molecule has 1 saturated heterocycles. The number of thioether (sulfide) groups is 1. The average Bonchev–Trinajstić information content (AvgIpc) is 3.26. The lowest BCUT2D eigenvalue weighted by atomic mass is 9.96. The number of aromatic nitrogens is 1. The van der Waals surface area contributed by atoms with E-state index in [2.05, 4.69) is 9.89 Å². The molecule has 214 valence electrons. The summed E-state index contributed by atoms with van der Waals surface area (Å²) in [5.41, 5.74) is 2.47. The van der Waals surface area contributed by atoms with Gasteiger partial charge in [-0.1, -0.05) is 23.5 Å². The minimum atomic E-state index is -0.737. The first kappa shape index (κ1) is 28.8. The van der Waals surface area contributed by atoms with Crippen molar-refractivity contribution in [3.63, 3.8) is 0 Å². The number of anilines is 1. The number of carbonyl (C=O) groups is 1. The van der Waals surface area contributed by atoms with Crippen molar-refractivity contribution in [2.24, 2.45) is 4.99 Å². The largest absolute Gasteiger partial charge is 0.459 e. The third-order valence-corrected chi connectivity index (χ3v) is 8.60. The predicted molar refractivity (Wildman–Crippen MR) is 159 cm³/mol. The zero-order chi connectivity index (χ0) is 29.3. The first-order valence-electron chi connectivity index (χ1n) is 13.2. The Morgan fingerprint density at radius 3 is 2.56 bits per heavy atom. The van der Waals surface area contributed by atoms with Gasteiger partial charge < -0.3 is 14.4 Å². The number of benzene rings is 2. The molecule has 2 aromatic carbocycles. The Labute approximate surface area is 244 Å². The van der Waals surface area contributed by atoms with Crippen molar-refractivity contribution < 1.29 is 19.2 Å². The van der Waals surface area contributed by atoms with E-state index < -0.39 is 16.9 Å². The van der Waals surface area contributed by atoms with Crippen molar-refractivity contribution in [2.45, 2.75) is 37.8 Å². The van der Waals surface area contributed by atoms with E-state index in [1.165, 1.54) is 28.0 Å². The summed E-state index contributed by atoms with van der Waals surface area (Å²) in [7, 11) is 0. The Hall–Kier alpha value is -3.74. The van der Waals surface area contributed by atoms with Crippen LogP contribution in [-0.4, -0.2) is 54.1 Å². The van der Waals surface area contributed by atoms with Gasteiger partial charge in [0.1, 0.15) is 0 Å². The molecule has 0 spiro atoms. The quantitative estimate of drug-likeness (QED) is 0.176. The molecule has 0 bridgehead atoms. The van der Waals surface area contributed by atoms with Crippen molar-refractivity contribution in [3.05, 3.63) is 94.7 Å². The number of hydrogen-bond donors (Lipinski definition) is 0. The summed E-state index contributed by atoms with van der Waals surface area (Å²) in [5.74, 6) is -0.525. The Morgan fingerprint density at radius 1 is 1.22 bits per heavy atom. The van der Waals surface area contributed by atoms with E-state index in [-0.39, 0.29) is 17.4 Å². The Bertz CT molecular complexity index is 1700. The first-order chi connectivity index (χ1) is 19.7. The van der Waals surface area contributed by atoms with E-state index >= 15 is 0 Å². The van der Waals surface area contributed by atoms with Crippen molar-refractivity contribution in [1.29, 1.82) is 0 Å². The van der Waals surface area contributed by atoms with Gasteiger partial charge in [0.15, 0.2) is 4.80 Å². The molecule has 0 aliphatic carbocycles. The van der Waals surface area contributed by atoms with Crippen LogP contribution in [0.4, 0.5) is 11.4 Å². The molecule has 10 nitrogen and oxygen atoms in total. The molecule has 1 aromatic heterocycles. The summed E-state index contributed by atoms with van der Waals surface area (Å²) in [4.78, 5) is 46.8. The molecule has 1 atom stereocenters. The number of thiazole rings is 1. The number of ether oxygens (including phenoxy) is 2. The van der Waals surface area contributed by atoms with Gasteiger partial charge in [-0.25, -0.2) is 9.79 Å². The summed E-state index contributed by atoms with van der Waals surface area (Å²) in [6.07, 6.45) is 3.31. The van der Waals surface area contributed by atoms with Crippen LogP contribution >= 0.6 is 23.1 Å². The predicted octanol–water partition coefficient (Wildman–Crippen LogP) is 3.65. The summed E-state index contributed by atoms with van der Waals surface area (Å²) in [6, 6.07) is 11.7. The van der Waals surface area contributed by atoms with Gasteiger partial charge in [0.2, 0.25) is 0 Å². The standard InChI is InChI=1S/C29H30N4O6S2/c1-17(2)39-28(35)25-18(3)30-29-32(26(25)19-5-8-22(40-4)9-6-19)27(34)24(41-29)16-20-15-21(33(36)37)7-10-23(20)31-11-13-38-14-12-31/h5-10,15-17,26H,11-14H2,1-4H3/b24-16-/t26-/m0/s1. The maximum atomic E-state index is 14.1. The number of nitrogens with zero attached hydrogens (tertiary/aromatic N) is 4. The van der Waals surface area contributed by atoms with Gasteiger partial charge in [0, 0.05) is 41.4 Å². The number of rotatable bonds is 7. The first-order valence-corrected chi connectivity index (χ1v) is 15.2. The lowest BCUT2D eigenvalue weighted by molar-refractivity contribution is -0.384. The zero-order valence-electron chi connectivity index (χ0n) is 23.2. The van der Waals surface area contributed by atoms with Crippen LogP contribution in [0.2, 0.25) is 0 Å². The fraction of sp³-hybridized carbons (Fsp3) is 0.345. The van der Waals surface area contributed by atoms with Gasteiger partial charge in [-0.2, -0.15) is 0 Å². The Morgan fingerprint density at radius 2 is 1.93 bits per heavy atom. The average molecular weight is 595 g/mol. The molecule has 0 amide bonds. The van der Waals surface area contributed by atoms with Gasteiger partial charge in [-0.3, -0.25) is 19.5 Å². The highest BCUT2D eigenvalue weighted by Gasteiger charge is 2.34. The highest BCUT2D eigenvalue weighted by molar-refractivity contribution is 7.98. The molecule has 0 radical (unpaired) electrons. The van der Waals surface area contributed by atoms with Gasteiger partial charge in [0.05, 0.1) is 46.1 Å². The second-order valence-electron chi connectivity index (χ2n) is 9.91. The molecule has 3 heterocycles. The minimum Gasteiger partial charge on any atom is -0.459 e. The second-order valence-corrected chi connectivity index (χ2v) is 11.8. The van der Waals surface area contributed by atoms with E-state index in [9.17, 15) is 19.7 Å². The van der Waals surface area contributed by atoms with Crippen LogP contribution in [0.3, 0.4) is 0 Å². The fourth-order valence-electron chi connectivity index (χ4n) is 4.97. The number of nitro benzene ring substituents is 1. The zero-order valence-corrected chi connectivity index (χ0v) is 24.8. The molecule has 5 rings (SSSR count). The minimum absolute atomic E-state index is 0.0673. The normalized spacial score (nSPS) is 17.4. The molecule has 0 N–H and O–H groups in total. The van der Waals surface area contributed by atoms with Crippen LogP contribution in [-0.2, 0) is 14.3 Å². The maximum Gasteiger partial charge on any atom is 0.338 e.